The molecule has 1 atom stereocenters. The molecule has 7 nitrogen and oxygen atoms in total. The zero-order valence-corrected chi connectivity index (χ0v) is 16.0. The molecule has 1 aliphatic heterocycles. The predicted octanol–water partition coefficient (Wildman–Crippen LogP) is 1.95. The van der Waals surface area contributed by atoms with Crippen LogP contribution < -0.4 is 15.5 Å². The zero-order chi connectivity index (χ0) is 19.9. The van der Waals surface area contributed by atoms with Crippen LogP contribution in [0.5, 0.6) is 0 Å². The van der Waals surface area contributed by atoms with Gasteiger partial charge in [0, 0.05) is 38.9 Å². The van der Waals surface area contributed by atoms with Crippen molar-refractivity contribution in [2.45, 2.75) is 19.0 Å². The number of rotatable bonds is 5. The molecule has 3 rings (SSSR count). The van der Waals surface area contributed by atoms with E-state index in [2.05, 4.69) is 20.6 Å². The molecule has 2 aromatic rings. The van der Waals surface area contributed by atoms with Gasteiger partial charge in [0.05, 0.1) is 12.7 Å². The second-order valence-electron chi connectivity index (χ2n) is 6.50. The molecular formula is C20H24FN5O2. The molecule has 1 unspecified atom stereocenters. The Morgan fingerprint density at radius 2 is 2.14 bits per heavy atom. The van der Waals surface area contributed by atoms with Crippen LogP contribution in [0.2, 0.25) is 0 Å². The number of pyridine rings is 1. The number of nitrogens with one attached hydrogen (secondary N) is 2. The van der Waals surface area contributed by atoms with Crippen molar-refractivity contribution in [3.8, 4) is 0 Å². The van der Waals surface area contributed by atoms with E-state index in [-0.39, 0.29) is 17.8 Å². The third-order valence-corrected chi connectivity index (χ3v) is 4.63. The van der Waals surface area contributed by atoms with Crippen LogP contribution in [-0.4, -0.2) is 50.2 Å². The number of carbonyl (C=O) groups is 1. The van der Waals surface area contributed by atoms with Gasteiger partial charge in [0.1, 0.15) is 0 Å². The van der Waals surface area contributed by atoms with Gasteiger partial charge in [-0.25, -0.2) is 14.2 Å². The zero-order valence-electron chi connectivity index (χ0n) is 16.0. The lowest BCUT2D eigenvalue weighted by molar-refractivity contribution is 0.0600. The smallest absolute Gasteiger partial charge is 0.337 e. The number of hydrogen-bond donors (Lipinski definition) is 2. The van der Waals surface area contributed by atoms with E-state index in [1.807, 2.05) is 17.0 Å². The van der Waals surface area contributed by atoms with Crippen molar-refractivity contribution in [1.82, 2.24) is 15.6 Å². The molecule has 0 radical (unpaired) electrons. The quantitative estimate of drug-likeness (QED) is 0.465. The maximum absolute atomic E-state index is 13.9. The molecular weight excluding hydrogens is 361 g/mol. The highest BCUT2D eigenvalue weighted by Gasteiger charge is 2.25. The number of methoxy groups -OCH3 is 1. The summed E-state index contributed by atoms with van der Waals surface area (Å²) < 4.78 is 18.6. The van der Waals surface area contributed by atoms with E-state index >= 15 is 0 Å². The summed E-state index contributed by atoms with van der Waals surface area (Å²) in [6, 6.07) is 10.4. The second kappa shape index (κ2) is 9.16. The van der Waals surface area contributed by atoms with Gasteiger partial charge in [0.2, 0.25) is 0 Å². The van der Waals surface area contributed by atoms with E-state index in [9.17, 15) is 9.18 Å². The average molecular weight is 385 g/mol. The van der Waals surface area contributed by atoms with Gasteiger partial charge in [0.15, 0.2) is 17.6 Å². The maximum Gasteiger partial charge on any atom is 0.337 e. The summed E-state index contributed by atoms with van der Waals surface area (Å²) in [7, 11) is 3.07. The fourth-order valence-corrected chi connectivity index (χ4v) is 3.13. The molecule has 1 aromatic heterocycles. The molecule has 0 amide bonds. The van der Waals surface area contributed by atoms with E-state index in [1.165, 1.54) is 13.2 Å². The number of guanidine groups is 1. The number of ether oxygens (including phenoxy) is 1. The first kappa shape index (κ1) is 19.6. The van der Waals surface area contributed by atoms with Crippen LogP contribution in [0.15, 0.2) is 47.6 Å². The number of halogens is 1. The summed E-state index contributed by atoms with van der Waals surface area (Å²) in [4.78, 5) is 21.8. The van der Waals surface area contributed by atoms with Crippen molar-refractivity contribution in [2.75, 3.05) is 32.1 Å². The summed E-state index contributed by atoms with van der Waals surface area (Å²) in [6.07, 6.45) is 2.47. The van der Waals surface area contributed by atoms with Crippen molar-refractivity contribution >= 4 is 17.7 Å². The molecule has 0 saturated carbocycles. The number of carbonyl (C=O) groups excluding carboxylic acids is 1. The Labute approximate surface area is 163 Å². The number of benzene rings is 1. The fraction of sp³-hybridized carbons (Fsp3) is 0.350. The van der Waals surface area contributed by atoms with Crippen molar-refractivity contribution in [1.29, 1.82) is 0 Å². The topological polar surface area (TPSA) is 78.8 Å². The van der Waals surface area contributed by atoms with Crippen LogP contribution >= 0.6 is 0 Å². The summed E-state index contributed by atoms with van der Waals surface area (Å²) in [5, 5.41) is 6.62. The highest BCUT2D eigenvalue weighted by atomic mass is 19.1. The number of hydrogen-bond acceptors (Lipinski definition) is 5. The van der Waals surface area contributed by atoms with Gasteiger partial charge in [-0.3, -0.25) is 4.99 Å². The van der Waals surface area contributed by atoms with Gasteiger partial charge < -0.3 is 20.3 Å². The van der Waals surface area contributed by atoms with Crippen LogP contribution in [0.1, 0.15) is 22.3 Å². The highest BCUT2D eigenvalue weighted by molar-refractivity contribution is 5.89. The van der Waals surface area contributed by atoms with E-state index in [1.54, 1.807) is 31.4 Å². The van der Waals surface area contributed by atoms with Gasteiger partial charge in [-0.1, -0.05) is 12.1 Å². The lowest BCUT2D eigenvalue weighted by atomic mass is 10.1. The van der Waals surface area contributed by atoms with Crippen LogP contribution in [0.4, 0.5) is 10.2 Å². The molecule has 28 heavy (non-hydrogen) atoms. The maximum atomic E-state index is 13.9. The number of esters is 1. The Bertz CT molecular complexity index is 841. The Morgan fingerprint density at radius 1 is 1.36 bits per heavy atom. The number of nitrogens with zero attached hydrogens (tertiary/aromatic N) is 3. The van der Waals surface area contributed by atoms with Gasteiger partial charge in [-0.15, -0.1) is 0 Å². The molecule has 1 aliphatic rings. The largest absolute Gasteiger partial charge is 0.465 e. The molecule has 1 fully saturated rings. The van der Waals surface area contributed by atoms with E-state index in [0.29, 0.717) is 30.4 Å². The minimum Gasteiger partial charge on any atom is -0.465 e. The van der Waals surface area contributed by atoms with Crippen molar-refractivity contribution in [3.63, 3.8) is 0 Å². The van der Waals surface area contributed by atoms with Crippen molar-refractivity contribution in [2.24, 2.45) is 4.99 Å². The first-order valence-electron chi connectivity index (χ1n) is 9.10. The first-order chi connectivity index (χ1) is 13.6. The molecule has 0 aliphatic carbocycles. The van der Waals surface area contributed by atoms with Crippen molar-refractivity contribution in [3.05, 3.63) is 59.5 Å². The van der Waals surface area contributed by atoms with Gasteiger partial charge in [-0.2, -0.15) is 0 Å². The van der Waals surface area contributed by atoms with Crippen LogP contribution in [0.3, 0.4) is 0 Å². The molecule has 2 N–H and O–H groups in total. The molecule has 2 heterocycles. The molecule has 0 spiro atoms. The molecule has 1 aromatic carbocycles. The van der Waals surface area contributed by atoms with Crippen LogP contribution in [-0.2, 0) is 11.3 Å². The number of anilines is 1. The third-order valence-electron chi connectivity index (χ3n) is 4.63. The Hall–Kier alpha value is -3.16. The summed E-state index contributed by atoms with van der Waals surface area (Å²) in [6.45, 7) is 1.95. The summed E-state index contributed by atoms with van der Waals surface area (Å²) >= 11 is 0. The summed E-state index contributed by atoms with van der Waals surface area (Å²) in [5.41, 5.74) is 1.53. The average Bonchev–Trinajstić information content (AvgIpc) is 3.19. The lowest BCUT2D eigenvalue weighted by Crippen LogP contribution is -2.44. The minimum atomic E-state index is -0.355. The molecule has 0 bridgehead atoms. The monoisotopic (exact) mass is 385 g/mol. The van der Waals surface area contributed by atoms with Gasteiger partial charge >= 0.3 is 5.97 Å². The Kier molecular flexibility index (Phi) is 6.41. The van der Waals surface area contributed by atoms with E-state index < -0.39 is 0 Å². The molecule has 1 saturated heterocycles. The Morgan fingerprint density at radius 3 is 2.82 bits per heavy atom. The number of aromatic nitrogens is 1. The second-order valence-corrected chi connectivity index (χ2v) is 6.50. The van der Waals surface area contributed by atoms with Crippen LogP contribution in [0.25, 0.3) is 0 Å². The fourth-order valence-electron chi connectivity index (χ4n) is 3.13. The third kappa shape index (κ3) is 4.76. The van der Waals surface area contributed by atoms with E-state index in [0.717, 1.165) is 18.5 Å². The molecule has 8 heteroatoms. The number of aliphatic imine (C=N–C) groups is 1. The first-order valence-corrected chi connectivity index (χ1v) is 9.10. The SMILES string of the molecule is CN=C(NCc1ccc(C(=O)OC)cc1)NC1CCN(c2ncccc2F)C1. The Balaban J connectivity index is 1.51. The van der Waals surface area contributed by atoms with E-state index in [4.69, 9.17) is 4.74 Å². The summed E-state index contributed by atoms with van der Waals surface area (Å²) in [5.74, 6) is 0.402. The van der Waals surface area contributed by atoms with Gasteiger partial charge in [0.25, 0.3) is 0 Å². The highest BCUT2D eigenvalue weighted by Crippen LogP contribution is 2.20. The van der Waals surface area contributed by atoms with Crippen LogP contribution in [0, 0.1) is 5.82 Å². The lowest BCUT2D eigenvalue weighted by Gasteiger charge is -2.20. The minimum absolute atomic E-state index is 0.148. The van der Waals surface area contributed by atoms with Gasteiger partial charge in [-0.05, 0) is 36.2 Å². The molecule has 148 valence electrons. The predicted molar refractivity (Wildman–Crippen MR) is 106 cm³/mol. The normalized spacial score (nSPS) is 16.8. The van der Waals surface area contributed by atoms with Crippen molar-refractivity contribution < 1.29 is 13.9 Å². The standard InChI is InChI=1S/C20H24FN5O2/c1-22-20(24-12-14-5-7-15(8-6-14)19(27)28-2)25-16-9-11-26(13-16)18-17(21)4-3-10-23-18/h3-8,10,16H,9,11-13H2,1-2H3,(H2,22,24,25).